The smallest absolute Gasteiger partial charge is 0.135 e. The van der Waals surface area contributed by atoms with Gasteiger partial charge in [-0.2, -0.15) is 0 Å². The number of hydrogen-bond donors (Lipinski definition) is 0. The van der Waals surface area contributed by atoms with Gasteiger partial charge in [0.1, 0.15) is 6.29 Å². The molecule has 0 aromatic heterocycles. The molecule has 0 atom stereocenters. The molecule has 18 heavy (non-hydrogen) atoms. The summed E-state index contributed by atoms with van der Waals surface area (Å²) < 4.78 is 0. The van der Waals surface area contributed by atoms with E-state index in [4.69, 9.17) is 0 Å². The van der Waals surface area contributed by atoms with Crippen molar-refractivity contribution < 1.29 is 4.79 Å². The van der Waals surface area contributed by atoms with Crippen molar-refractivity contribution in [2.24, 2.45) is 5.92 Å². The van der Waals surface area contributed by atoms with Gasteiger partial charge < -0.3 is 4.79 Å². The van der Waals surface area contributed by atoms with E-state index >= 15 is 0 Å². The third-order valence-electron chi connectivity index (χ3n) is 3.60. The van der Waals surface area contributed by atoms with Gasteiger partial charge in [0, 0.05) is 0 Å². The maximum atomic E-state index is 11.9. The summed E-state index contributed by atoms with van der Waals surface area (Å²) in [5.41, 5.74) is 1.56. The van der Waals surface area contributed by atoms with Crippen molar-refractivity contribution in [3.63, 3.8) is 0 Å². The molecule has 0 unspecified atom stereocenters. The van der Waals surface area contributed by atoms with Gasteiger partial charge in [-0.25, -0.2) is 0 Å². The molecule has 1 nitrogen and oxygen atoms in total. The number of carbonyl (C=O) groups is 1. The SMILES string of the molecule is CC(C)C(C=O)(c1ccccc1)c1ccccc1. The van der Waals surface area contributed by atoms with Crippen molar-refractivity contribution in [1.29, 1.82) is 0 Å². The predicted octanol–water partition coefficient (Wildman–Crippen LogP) is 3.83. The minimum absolute atomic E-state index is 0.208. The average molecular weight is 238 g/mol. The van der Waals surface area contributed by atoms with E-state index in [2.05, 4.69) is 13.8 Å². The Labute approximate surface area is 108 Å². The highest BCUT2D eigenvalue weighted by molar-refractivity contribution is 5.75. The average Bonchev–Trinajstić information content (AvgIpc) is 2.42. The standard InChI is InChI=1S/C17H18O/c1-14(2)17(13-18,15-9-5-3-6-10-15)16-11-7-4-8-12-16/h3-14H,1-2H3. The van der Waals surface area contributed by atoms with Crippen molar-refractivity contribution in [3.8, 4) is 0 Å². The van der Waals surface area contributed by atoms with E-state index < -0.39 is 5.41 Å². The van der Waals surface area contributed by atoms with Crippen LogP contribution in [0.2, 0.25) is 0 Å². The van der Waals surface area contributed by atoms with Crippen LogP contribution < -0.4 is 0 Å². The molecule has 0 aliphatic rings. The largest absolute Gasteiger partial charge is 0.302 e. The molecule has 0 fully saturated rings. The minimum Gasteiger partial charge on any atom is -0.302 e. The third-order valence-corrected chi connectivity index (χ3v) is 3.60. The van der Waals surface area contributed by atoms with Crippen LogP contribution in [-0.2, 0) is 10.2 Å². The predicted molar refractivity (Wildman–Crippen MR) is 74.6 cm³/mol. The molecule has 2 aromatic carbocycles. The van der Waals surface area contributed by atoms with Crippen molar-refractivity contribution >= 4 is 6.29 Å². The summed E-state index contributed by atoms with van der Waals surface area (Å²) in [5.74, 6) is 0.208. The summed E-state index contributed by atoms with van der Waals surface area (Å²) in [4.78, 5) is 11.9. The molecule has 1 heteroatoms. The van der Waals surface area contributed by atoms with Crippen LogP contribution in [0, 0.1) is 5.92 Å². The summed E-state index contributed by atoms with van der Waals surface area (Å²) in [7, 11) is 0. The van der Waals surface area contributed by atoms with E-state index in [1.807, 2.05) is 60.7 Å². The number of hydrogen-bond acceptors (Lipinski definition) is 1. The Hall–Kier alpha value is -1.89. The molecule has 0 aliphatic carbocycles. The Morgan fingerprint density at radius 1 is 0.833 bits per heavy atom. The molecule has 92 valence electrons. The van der Waals surface area contributed by atoms with Gasteiger partial charge in [-0.05, 0) is 17.0 Å². The summed E-state index contributed by atoms with van der Waals surface area (Å²) in [6.45, 7) is 4.18. The second-order valence-electron chi connectivity index (χ2n) is 4.87. The van der Waals surface area contributed by atoms with Gasteiger partial charge >= 0.3 is 0 Å². The summed E-state index contributed by atoms with van der Waals surface area (Å²) in [6.07, 6.45) is 1.09. The minimum atomic E-state index is -0.553. The molecule has 0 radical (unpaired) electrons. The fourth-order valence-electron chi connectivity index (χ4n) is 2.53. The second-order valence-corrected chi connectivity index (χ2v) is 4.87. The zero-order chi connectivity index (χ0) is 13.0. The molecule has 0 saturated heterocycles. The van der Waals surface area contributed by atoms with Crippen molar-refractivity contribution in [3.05, 3.63) is 71.8 Å². The van der Waals surface area contributed by atoms with Gasteiger partial charge in [0.25, 0.3) is 0 Å². The number of benzene rings is 2. The normalized spacial score (nSPS) is 11.5. The van der Waals surface area contributed by atoms with Crippen LogP contribution in [0.4, 0.5) is 0 Å². The molecule has 0 heterocycles. The second kappa shape index (κ2) is 5.18. The molecule has 0 N–H and O–H groups in total. The Morgan fingerprint density at radius 2 is 1.22 bits per heavy atom. The highest BCUT2D eigenvalue weighted by Gasteiger charge is 2.37. The third kappa shape index (κ3) is 1.97. The maximum Gasteiger partial charge on any atom is 0.135 e. The highest BCUT2D eigenvalue weighted by Crippen LogP contribution is 2.37. The van der Waals surface area contributed by atoms with Crippen LogP contribution in [0.1, 0.15) is 25.0 Å². The molecular formula is C17H18O. The van der Waals surface area contributed by atoms with E-state index in [0.29, 0.717) is 0 Å². The molecular weight excluding hydrogens is 220 g/mol. The van der Waals surface area contributed by atoms with E-state index in [9.17, 15) is 4.79 Å². The summed E-state index contributed by atoms with van der Waals surface area (Å²) >= 11 is 0. The fraction of sp³-hybridized carbons (Fsp3) is 0.235. The van der Waals surface area contributed by atoms with Crippen LogP contribution in [-0.4, -0.2) is 6.29 Å². The Balaban J connectivity index is 2.65. The molecule has 2 rings (SSSR count). The lowest BCUT2D eigenvalue weighted by atomic mass is 9.68. The Bertz CT molecular complexity index is 460. The first-order valence-electron chi connectivity index (χ1n) is 6.29. The van der Waals surface area contributed by atoms with Crippen LogP contribution in [0.3, 0.4) is 0 Å². The maximum absolute atomic E-state index is 11.9. The first-order chi connectivity index (χ1) is 8.71. The zero-order valence-electron chi connectivity index (χ0n) is 10.8. The monoisotopic (exact) mass is 238 g/mol. The number of rotatable bonds is 4. The summed E-state index contributed by atoms with van der Waals surface area (Å²) in [5, 5.41) is 0. The molecule has 0 bridgehead atoms. The van der Waals surface area contributed by atoms with E-state index in [1.54, 1.807) is 0 Å². The van der Waals surface area contributed by atoms with E-state index in [-0.39, 0.29) is 5.92 Å². The van der Waals surface area contributed by atoms with Gasteiger partial charge in [-0.1, -0.05) is 74.5 Å². The summed E-state index contributed by atoms with van der Waals surface area (Å²) in [6, 6.07) is 20.0. The quantitative estimate of drug-likeness (QED) is 0.740. The number of carbonyl (C=O) groups excluding carboxylic acids is 1. The van der Waals surface area contributed by atoms with Crippen LogP contribution in [0.5, 0.6) is 0 Å². The highest BCUT2D eigenvalue weighted by atomic mass is 16.1. The van der Waals surface area contributed by atoms with Gasteiger partial charge in [0.15, 0.2) is 0 Å². The molecule has 0 amide bonds. The van der Waals surface area contributed by atoms with E-state index in [1.165, 1.54) is 0 Å². The van der Waals surface area contributed by atoms with Crippen LogP contribution in [0.25, 0.3) is 0 Å². The lowest BCUT2D eigenvalue weighted by Gasteiger charge is -2.33. The molecule has 0 spiro atoms. The van der Waals surface area contributed by atoms with Gasteiger partial charge in [0.05, 0.1) is 5.41 Å². The number of aldehydes is 1. The lowest BCUT2D eigenvalue weighted by Crippen LogP contribution is -2.35. The molecule has 0 aliphatic heterocycles. The van der Waals surface area contributed by atoms with Crippen LogP contribution >= 0.6 is 0 Å². The first kappa shape index (κ1) is 12.6. The first-order valence-corrected chi connectivity index (χ1v) is 6.29. The van der Waals surface area contributed by atoms with Crippen molar-refractivity contribution in [2.75, 3.05) is 0 Å². The molecule has 0 saturated carbocycles. The Morgan fingerprint density at radius 3 is 1.50 bits per heavy atom. The zero-order valence-corrected chi connectivity index (χ0v) is 10.8. The van der Waals surface area contributed by atoms with Gasteiger partial charge in [-0.3, -0.25) is 0 Å². The van der Waals surface area contributed by atoms with Gasteiger partial charge in [-0.15, -0.1) is 0 Å². The van der Waals surface area contributed by atoms with Crippen molar-refractivity contribution in [2.45, 2.75) is 19.3 Å². The Kier molecular flexibility index (Phi) is 3.61. The lowest BCUT2D eigenvalue weighted by molar-refractivity contribution is -0.112. The topological polar surface area (TPSA) is 17.1 Å². The van der Waals surface area contributed by atoms with E-state index in [0.717, 1.165) is 17.4 Å². The van der Waals surface area contributed by atoms with Gasteiger partial charge in [0.2, 0.25) is 0 Å². The van der Waals surface area contributed by atoms with Crippen molar-refractivity contribution in [1.82, 2.24) is 0 Å². The fourth-order valence-corrected chi connectivity index (χ4v) is 2.53. The molecule has 2 aromatic rings. The van der Waals surface area contributed by atoms with Crippen LogP contribution in [0.15, 0.2) is 60.7 Å².